The second-order valence-electron chi connectivity index (χ2n) is 7.04. The van der Waals surface area contributed by atoms with Crippen molar-refractivity contribution in [3.05, 3.63) is 98.5 Å². The molecule has 0 aliphatic heterocycles. The monoisotopic (exact) mass is 450 g/mol. The molecule has 1 N–H and O–H groups in total. The highest BCUT2D eigenvalue weighted by molar-refractivity contribution is 6.35. The van der Waals surface area contributed by atoms with E-state index in [1.807, 2.05) is 44.2 Å². The van der Waals surface area contributed by atoms with E-state index in [-0.39, 0.29) is 5.57 Å². The van der Waals surface area contributed by atoms with Gasteiger partial charge in [-0.2, -0.15) is 5.26 Å². The first-order valence-electron chi connectivity index (χ1n) is 9.53. The van der Waals surface area contributed by atoms with Gasteiger partial charge in [-0.1, -0.05) is 59.1 Å². The van der Waals surface area contributed by atoms with E-state index in [4.69, 9.17) is 27.9 Å². The number of aryl methyl sites for hydroxylation is 2. The third-order valence-electron chi connectivity index (χ3n) is 4.60. The van der Waals surface area contributed by atoms with Gasteiger partial charge >= 0.3 is 0 Å². The Morgan fingerprint density at radius 2 is 1.81 bits per heavy atom. The first-order valence-corrected chi connectivity index (χ1v) is 10.3. The lowest BCUT2D eigenvalue weighted by atomic mass is 10.1. The second-order valence-corrected chi connectivity index (χ2v) is 7.88. The summed E-state index contributed by atoms with van der Waals surface area (Å²) >= 11 is 12.1. The fourth-order valence-corrected chi connectivity index (χ4v) is 3.38. The molecule has 3 rings (SSSR count). The number of ether oxygens (including phenoxy) is 1. The van der Waals surface area contributed by atoms with Crippen LogP contribution >= 0.6 is 23.2 Å². The van der Waals surface area contributed by atoms with E-state index in [0.717, 1.165) is 16.7 Å². The van der Waals surface area contributed by atoms with Crippen molar-refractivity contribution in [2.45, 2.75) is 20.5 Å². The number of rotatable bonds is 6. The first-order chi connectivity index (χ1) is 14.9. The van der Waals surface area contributed by atoms with Crippen LogP contribution in [-0.4, -0.2) is 5.91 Å². The van der Waals surface area contributed by atoms with E-state index in [0.29, 0.717) is 33.7 Å². The summed E-state index contributed by atoms with van der Waals surface area (Å²) in [6.07, 6.45) is 1.54. The minimum absolute atomic E-state index is 0.0154. The van der Waals surface area contributed by atoms with Crippen LogP contribution in [0.1, 0.15) is 22.3 Å². The van der Waals surface area contributed by atoms with Gasteiger partial charge in [0.05, 0.1) is 0 Å². The second kappa shape index (κ2) is 10.2. The number of hydrogen-bond donors (Lipinski definition) is 1. The van der Waals surface area contributed by atoms with Crippen LogP contribution in [0.3, 0.4) is 0 Å². The van der Waals surface area contributed by atoms with Crippen molar-refractivity contribution in [2.75, 3.05) is 5.32 Å². The molecule has 0 aliphatic rings. The number of halogens is 2. The Morgan fingerprint density at radius 1 is 1.06 bits per heavy atom. The summed E-state index contributed by atoms with van der Waals surface area (Å²) in [7, 11) is 0. The number of nitriles is 1. The standard InChI is InChI=1S/C25H20Cl2N2O2/c1-16-3-10-24(17(2)11-16)29-25(30)20(14-28)12-18-4-8-22(9-5-18)31-15-19-6-7-21(26)13-23(19)27/h3-13H,15H2,1-2H3,(H,29,30)/b20-12+. The predicted molar refractivity (Wildman–Crippen MR) is 125 cm³/mol. The molecule has 0 heterocycles. The molecule has 4 nitrogen and oxygen atoms in total. The number of hydrogen-bond acceptors (Lipinski definition) is 3. The SMILES string of the molecule is Cc1ccc(NC(=O)/C(C#N)=C/c2ccc(OCc3ccc(Cl)cc3Cl)cc2)c(C)c1. The number of carbonyl (C=O) groups excluding carboxylic acids is 1. The van der Waals surface area contributed by atoms with Crippen molar-refractivity contribution < 1.29 is 9.53 Å². The van der Waals surface area contributed by atoms with Crippen LogP contribution in [-0.2, 0) is 11.4 Å². The molecule has 6 heteroatoms. The molecule has 156 valence electrons. The Balaban J connectivity index is 1.67. The minimum atomic E-state index is -0.452. The fraction of sp³-hybridized carbons (Fsp3) is 0.120. The number of nitrogens with zero attached hydrogens (tertiary/aromatic N) is 1. The zero-order valence-electron chi connectivity index (χ0n) is 17.1. The highest BCUT2D eigenvalue weighted by Crippen LogP contribution is 2.23. The third-order valence-corrected chi connectivity index (χ3v) is 5.18. The number of carbonyl (C=O) groups is 1. The molecule has 0 saturated heterocycles. The summed E-state index contributed by atoms with van der Waals surface area (Å²) < 4.78 is 5.76. The van der Waals surface area contributed by atoms with Gasteiger partial charge in [0.15, 0.2) is 0 Å². The number of nitrogens with one attached hydrogen (secondary N) is 1. The lowest BCUT2D eigenvalue weighted by Crippen LogP contribution is -2.14. The van der Waals surface area contributed by atoms with Gasteiger partial charge in [0.25, 0.3) is 5.91 Å². The molecule has 0 radical (unpaired) electrons. The van der Waals surface area contributed by atoms with Gasteiger partial charge in [-0.3, -0.25) is 4.79 Å². The van der Waals surface area contributed by atoms with Crippen LogP contribution in [0.5, 0.6) is 5.75 Å². The van der Waals surface area contributed by atoms with Gasteiger partial charge in [0.1, 0.15) is 24.0 Å². The van der Waals surface area contributed by atoms with Crippen LogP contribution in [0.15, 0.2) is 66.2 Å². The lowest BCUT2D eigenvalue weighted by Gasteiger charge is -2.09. The maximum absolute atomic E-state index is 12.5. The number of amides is 1. The van der Waals surface area contributed by atoms with Crippen molar-refractivity contribution in [1.29, 1.82) is 5.26 Å². The Hall–Kier alpha value is -3.26. The minimum Gasteiger partial charge on any atom is -0.489 e. The van der Waals surface area contributed by atoms with Crippen LogP contribution < -0.4 is 10.1 Å². The van der Waals surface area contributed by atoms with Gasteiger partial charge in [-0.05, 0) is 61.4 Å². The molecule has 0 fully saturated rings. The summed E-state index contributed by atoms with van der Waals surface area (Å²) in [5.41, 5.74) is 4.28. The average Bonchev–Trinajstić information content (AvgIpc) is 2.74. The van der Waals surface area contributed by atoms with Crippen LogP contribution in [0, 0.1) is 25.2 Å². The summed E-state index contributed by atoms with van der Waals surface area (Å²) in [5.74, 6) is 0.188. The maximum atomic E-state index is 12.5. The highest BCUT2D eigenvalue weighted by Gasteiger charge is 2.11. The molecule has 3 aromatic carbocycles. The summed E-state index contributed by atoms with van der Waals surface area (Å²) in [4.78, 5) is 12.5. The van der Waals surface area contributed by atoms with Crippen LogP contribution in [0.25, 0.3) is 6.08 Å². The number of benzene rings is 3. The molecular weight excluding hydrogens is 431 g/mol. The Morgan fingerprint density at radius 3 is 2.45 bits per heavy atom. The smallest absolute Gasteiger partial charge is 0.266 e. The van der Waals surface area contributed by atoms with Crippen molar-refractivity contribution >= 4 is 40.9 Å². The van der Waals surface area contributed by atoms with Gasteiger partial charge in [-0.15, -0.1) is 0 Å². The van der Waals surface area contributed by atoms with E-state index in [2.05, 4.69) is 5.32 Å². The summed E-state index contributed by atoms with van der Waals surface area (Å²) in [6, 6.07) is 20.0. The summed E-state index contributed by atoms with van der Waals surface area (Å²) in [6.45, 7) is 4.19. The Bertz CT molecular complexity index is 1180. The quantitative estimate of drug-likeness (QED) is 0.334. The first kappa shape index (κ1) is 22.4. The van der Waals surface area contributed by atoms with E-state index in [9.17, 15) is 10.1 Å². The largest absolute Gasteiger partial charge is 0.489 e. The highest BCUT2D eigenvalue weighted by atomic mass is 35.5. The fourth-order valence-electron chi connectivity index (χ4n) is 2.92. The zero-order valence-corrected chi connectivity index (χ0v) is 18.6. The van der Waals surface area contributed by atoms with E-state index in [1.54, 1.807) is 42.5 Å². The van der Waals surface area contributed by atoms with Crippen molar-refractivity contribution in [3.8, 4) is 11.8 Å². The molecule has 31 heavy (non-hydrogen) atoms. The molecule has 0 spiro atoms. The van der Waals surface area contributed by atoms with Crippen molar-refractivity contribution in [3.63, 3.8) is 0 Å². The van der Waals surface area contributed by atoms with Crippen LogP contribution in [0.4, 0.5) is 5.69 Å². The molecule has 0 aliphatic carbocycles. The predicted octanol–water partition coefficient (Wildman–Crippen LogP) is 6.73. The topological polar surface area (TPSA) is 62.1 Å². The van der Waals surface area contributed by atoms with Gasteiger partial charge in [0.2, 0.25) is 0 Å². The van der Waals surface area contributed by atoms with E-state index < -0.39 is 5.91 Å². The van der Waals surface area contributed by atoms with Gasteiger partial charge in [-0.25, -0.2) is 0 Å². The lowest BCUT2D eigenvalue weighted by molar-refractivity contribution is -0.112. The molecular formula is C25H20Cl2N2O2. The molecule has 0 aromatic heterocycles. The molecule has 0 saturated carbocycles. The normalized spacial score (nSPS) is 11.0. The van der Waals surface area contributed by atoms with E-state index >= 15 is 0 Å². The van der Waals surface area contributed by atoms with Crippen molar-refractivity contribution in [2.24, 2.45) is 0 Å². The van der Waals surface area contributed by atoms with Crippen molar-refractivity contribution in [1.82, 2.24) is 0 Å². The van der Waals surface area contributed by atoms with Crippen LogP contribution in [0.2, 0.25) is 10.0 Å². The average molecular weight is 451 g/mol. The molecule has 1 amide bonds. The molecule has 0 atom stereocenters. The third kappa shape index (κ3) is 6.11. The van der Waals surface area contributed by atoms with Gasteiger partial charge < -0.3 is 10.1 Å². The molecule has 0 bridgehead atoms. The Labute approximate surface area is 191 Å². The maximum Gasteiger partial charge on any atom is 0.266 e. The Kier molecular flexibility index (Phi) is 7.36. The molecule has 0 unspecified atom stereocenters. The molecule has 3 aromatic rings. The summed E-state index contributed by atoms with van der Waals surface area (Å²) in [5, 5.41) is 13.3. The van der Waals surface area contributed by atoms with E-state index in [1.165, 1.54) is 0 Å². The number of anilines is 1. The zero-order chi connectivity index (χ0) is 22.4. The van der Waals surface area contributed by atoms with Gasteiger partial charge in [0, 0.05) is 21.3 Å².